The molecular formula is C14H22N4O2. The largest absolute Gasteiger partial charge is 0.371 e. The number of amides is 1. The van der Waals surface area contributed by atoms with E-state index in [9.17, 15) is 4.79 Å². The molecule has 1 fully saturated rings. The molecule has 1 saturated heterocycles. The van der Waals surface area contributed by atoms with Gasteiger partial charge in [0.1, 0.15) is 12.4 Å². The maximum atomic E-state index is 11.9. The molecule has 2 aliphatic heterocycles. The summed E-state index contributed by atoms with van der Waals surface area (Å²) in [5.74, 6) is 1.59. The molecular weight excluding hydrogens is 256 g/mol. The highest BCUT2D eigenvalue weighted by Crippen LogP contribution is 2.10. The van der Waals surface area contributed by atoms with Gasteiger partial charge in [0.2, 0.25) is 5.91 Å². The summed E-state index contributed by atoms with van der Waals surface area (Å²) in [7, 11) is 0. The number of nitrogens with one attached hydrogen (secondary N) is 1. The number of likely N-dealkylation sites (tertiary alicyclic amines) is 1. The fourth-order valence-electron chi connectivity index (χ4n) is 2.89. The maximum Gasteiger partial charge on any atom is 0.248 e. The number of carbonyl (C=O) groups excluding carboxylic acids is 1. The number of hydrogen-bond donors (Lipinski definition) is 1. The van der Waals surface area contributed by atoms with Crippen molar-refractivity contribution in [3.8, 4) is 0 Å². The minimum absolute atomic E-state index is 0.132. The molecule has 0 aromatic carbocycles. The summed E-state index contributed by atoms with van der Waals surface area (Å²) in [6.07, 6.45) is 6.09. The summed E-state index contributed by atoms with van der Waals surface area (Å²) >= 11 is 0. The highest BCUT2D eigenvalue weighted by atomic mass is 16.5. The number of imidazole rings is 1. The third-order valence-electron chi connectivity index (χ3n) is 4.01. The molecule has 2 aliphatic rings. The summed E-state index contributed by atoms with van der Waals surface area (Å²) in [5.41, 5.74) is 0. The van der Waals surface area contributed by atoms with E-state index in [4.69, 9.17) is 4.74 Å². The van der Waals surface area contributed by atoms with Crippen molar-refractivity contribution in [1.82, 2.24) is 19.8 Å². The lowest BCUT2D eigenvalue weighted by atomic mass is 10.1. The summed E-state index contributed by atoms with van der Waals surface area (Å²) in [4.78, 5) is 18.1. The van der Waals surface area contributed by atoms with Crippen molar-refractivity contribution in [3.63, 3.8) is 0 Å². The van der Waals surface area contributed by atoms with Gasteiger partial charge in [0.15, 0.2) is 0 Å². The van der Waals surface area contributed by atoms with Gasteiger partial charge in [0.25, 0.3) is 0 Å². The van der Waals surface area contributed by atoms with Crippen molar-refractivity contribution in [2.45, 2.75) is 25.9 Å². The van der Waals surface area contributed by atoms with Crippen molar-refractivity contribution in [1.29, 1.82) is 0 Å². The molecule has 0 saturated carbocycles. The van der Waals surface area contributed by atoms with Gasteiger partial charge in [-0.2, -0.15) is 0 Å². The van der Waals surface area contributed by atoms with Crippen molar-refractivity contribution in [2.24, 2.45) is 5.92 Å². The Morgan fingerprint density at radius 2 is 2.30 bits per heavy atom. The van der Waals surface area contributed by atoms with Crippen LogP contribution in [-0.4, -0.2) is 53.2 Å². The van der Waals surface area contributed by atoms with E-state index in [0.717, 1.165) is 51.4 Å². The topological polar surface area (TPSA) is 59.4 Å². The molecule has 0 spiro atoms. The first-order valence-corrected chi connectivity index (χ1v) is 7.39. The zero-order chi connectivity index (χ0) is 13.8. The van der Waals surface area contributed by atoms with Gasteiger partial charge in [-0.3, -0.25) is 4.79 Å². The van der Waals surface area contributed by atoms with Crippen molar-refractivity contribution in [2.75, 3.05) is 32.8 Å². The van der Waals surface area contributed by atoms with Gasteiger partial charge in [-0.25, -0.2) is 4.98 Å². The van der Waals surface area contributed by atoms with E-state index in [1.54, 1.807) is 0 Å². The predicted molar refractivity (Wildman–Crippen MR) is 74.1 cm³/mol. The number of ether oxygens (including phenoxy) is 1. The van der Waals surface area contributed by atoms with E-state index in [-0.39, 0.29) is 12.5 Å². The minimum Gasteiger partial charge on any atom is -0.371 e. The van der Waals surface area contributed by atoms with Gasteiger partial charge < -0.3 is 19.5 Å². The molecule has 110 valence electrons. The van der Waals surface area contributed by atoms with Gasteiger partial charge in [0.05, 0.1) is 13.2 Å². The van der Waals surface area contributed by atoms with Crippen molar-refractivity contribution < 1.29 is 9.53 Å². The van der Waals surface area contributed by atoms with Crippen LogP contribution in [0.15, 0.2) is 12.4 Å². The normalized spacial score (nSPS) is 22.6. The lowest BCUT2D eigenvalue weighted by molar-refractivity contribution is -0.135. The second-order valence-electron chi connectivity index (χ2n) is 5.60. The molecule has 1 unspecified atom stereocenters. The lowest BCUT2D eigenvalue weighted by Crippen LogP contribution is -2.33. The van der Waals surface area contributed by atoms with Crippen LogP contribution in [0, 0.1) is 5.92 Å². The average Bonchev–Trinajstić information content (AvgIpc) is 3.08. The zero-order valence-corrected chi connectivity index (χ0v) is 11.8. The number of hydrogen-bond acceptors (Lipinski definition) is 4. The van der Waals surface area contributed by atoms with Crippen molar-refractivity contribution >= 4 is 5.91 Å². The second-order valence-corrected chi connectivity index (χ2v) is 5.60. The van der Waals surface area contributed by atoms with Crippen LogP contribution in [0.1, 0.15) is 18.7 Å². The Hall–Kier alpha value is -1.40. The highest BCUT2D eigenvalue weighted by Gasteiger charge is 2.20. The van der Waals surface area contributed by atoms with Crippen LogP contribution < -0.4 is 5.32 Å². The first-order chi connectivity index (χ1) is 9.83. The average molecular weight is 278 g/mol. The Morgan fingerprint density at radius 1 is 1.45 bits per heavy atom. The van der Waals surface area contributed by atoms with Crippen LogP contribution in [0.5, 0.6) is 0 Å². The summed E-state index contributed by atoms with van der Waals surface area (Å²) in [6.45, 7) is 5.23. The molecule has 0 bridgehead atoms. The first kappa shape index (κ1) is 13.6. The van der Waals surface area contributed by atoms with Crippen LogP contribution in [0.2, 0.25) is 0 Å². The number of fused-ring (bicyclic) bond motifs is 1. The molecule has 1 amide bonds. The second kappa shape index (κ2) is 6.37. The van der Waals surface area contributed by atoms with E-state index in [1.165, 1.54) is 0 Å². The Morgan fingerprint density at radius 3 is 3.15 bits per heavy atom. The smallest absolute Gasteiger partial charge is 0.248 e. The molecule has 1 N–H and O–H groups in total. The Kier molecular flexibility index (Phi) is 4.32. The fourth-order valence-corrected chi connectivity index (χ4v) is 2.89. The zero-order valence-electron chi connectivity index (χ0n) is 11.8. The van der Waals surface area contributed by atoms with Crippen molar-refractivity contribution in [3.05, 3.63) is 18.2 Å². The molecule has 1 atom stereocenters. The molecule has 20 heavy (non-hydrogen) atoms. The number of rotatable bonds is 4. The standard InChI is InChI=1S/C14H22N4O2/c19-14(17-4-1-2-5-17)11-20-10-12-7-15-8-13-16-3-6-18(13)9-12/h3,6,12,15H,1-2,4-5,7-11H2. The Bertz CT molecular complexity index is 454. The van der Waals surface area contributed by atoms with Gasteiger partial charge in [-0.05, 0) is 12.8 Å². The van der Waals surface area contributed by atoms with Crippen LogP contribution in [0.25, 0.3) is 0 Å². The first-order valence-electron chi connectivity index (χ1n) is 7.39. The summed E-state index contributed by atoms with van der Waals surface area (Å²) in [5, 5.41) is 3.37. The van der Waals surface area contributed by atoms with E-state index in [1.807, 2.05) is 17.3 Å². The van der Waals surface area contributed by atoms with Crippen LogP contribution in [-0.2, 0) is 22.6 Å². The molecule has 1 aromatic heterocycles. The third kappa shape index (κ3) is 3.19. The molecule has 6 heteroatoms. The quantitative estimate of drug-likeness (QED) is 0.857. The number of aromatic nitrogens is 2. The van der Waals surface area contributed by atoms with E-state index >= 15 is 0 Å². The number of nitrogens with zero attached hydrogens (tertiary/aromatic N) is 3. The molecule has 3 rings (SSSR count). The summed E-state index contributed by atoms with van der Waals surface area (Å²) in [6, 6.07) is 0. The molecule has 0 radical (unpaired) electrons. The maximum absolute atomic E-state index is 11.9. The minimum atomic E-state index is 0.132. The van der Waals surface area contributed by atoms with E-state index < -0.39 is 0 Å². The van der Waals surface area contributed by atoms with Gasteiger partial charge in [-0.15, -0.1) is 0 Å². The Labute approximate surface area is 119 Å². The predicted octanol–water partition coefficient (Wildman–Crippen LogP) is 0.242. The SMILES string of the molecule is O=C(COCC1CNCc2nccn2C1)N1CCCC1. The Balaban J connectivity index is 1.43. The third-order valence-corrected chi connectivity index (χ3v) is 4.01. The molecule has 3 heterocycles. The lowest BCUT2D eigenvalue weighted by Gasteiger charge is -2.18. The monoisotopic (exact) mass is 278 g/mol. The molecule has 6 nitrogen and oxygen atoms in total. The molecule has 0 aliphatic carbocycles. The highest BCUT2D eigenvalue weighted by molar-refractivity contribution is 5.77. The van der Waals surface area contributed by atoms with Gasteiger partial charge >= 0.3 is 0 Å². The van der Waals surface area contributed by atoms with Crippen LogP contribution in [0.4, 0.5) is 0 Å². The van der Waals surface area contributed by atoms with Gasteiger partial charge in [0, 0.05) is 44.5 Å². The number of carbonyl (C=O) groups is 1. The van der Waals surface area contributed by atoms with Crippen LogP contribution >= 0.6 is 0 Å². The van der Waals surface area contributed by atoms with E-state index in [0.29, 0.717) is 12.5 Å². The van der Waals surface area contributed by atoms with E-state index in [2.05, 4.69) is 14.9 Å². The summed E-state index contributed by atoms with van der Waals surface area (Å²) < 4.78 is 7.79. The van der Waals surface area contributed by atoms with Crippen LogP contribution in [0.3, 0.4) is 0 Å². The fraction of sp³-hybridized carbons (Fsp3) is 0.714. The van der Waals surface area contributed by atoms with Gasteiger partial charge in [-0.1, -0.05) is 0 Å². The molecule has 1 aromatic rings.